The normalized spacial score (nSPS) is 15.9. The summed E-state index contributed by atoms with van der Waals surface area (Å²) in [6, 6.07) is 2.03. The van der Waals surface area contributed by atoms with E-state index >= 15 is 0 Å². The smallest absolute Gasteiger partial charge is 0.282 e. The molecule has 1 aromatic carbocycles. The molecule has 0 saturated heterocycles. The van der Waals surface area contributed by atoms with Gasteiger partial charge in [-0.15, -0.1) is 0 Å². The maximum atomic E-state index is 11.2. The van der Waals surface area contributed by atoms with Crippen molar-refractivity contribution in [2.24, 2.45) is 0 Å². The molecule has 1 aliphatic rings. The first kappa shape index (κ1) is 12.5. The largest absolute Gasteiger partial charge is 0.294 e. The summed E-state index contributed by atoms with van der Waals surface area (Å²) in [5.74, 6) is 0. The molecule has 0 amide bonds. The van der Waals surface area contributed by atoms with Gasteiger partial charge in [0.15, 0.2) is 0 Å². The molecule has 0 aromatic heterocycles. The van der Waals surface area contributed by atoms with Crippen molar-refractivity contribution in [2.75, 3.05) is 0 Å². The monoisotopic (exact) mass is 278 g/mol. The summed E-state index contributed by atoms with van der Waals surface area (Å²) in [4.78, 5) is -0.939. The summed E-state index contributed by atoms with van der Waals surface area (Å²) in [6.45, 7) is 0. The number of fused-ring (bicyclic) bond motifs is 1. The lowest BCUT2D eigenvalue weighted by Crippen LogP contribution is -2.07. The fourth-order valence-corrected chi connectivity index (χ4v) is 3.47. The fraction of sp³-hybridized carbons (Fsp3) is 0.333. The maximum absolute atomic E-state index is 11.2. The average Bonchev–Trinajstić information content (AvgIpc) is 2.59. The molecule has 0 radical (unpaired) electrons. The highest BCUT2D eigenvalue weighted by atomic mass is 32.2. The van der Waals surface area contributed by atoms with Gasteiger partial charge in [-0.05, 0) is 42.5 Å². The zero-order chi connectivity index (χ0) is 12.8. The van der Waals surface area contributed by atoms with Crippen LogP contribution in [0.3, 0.4) is 0 Å². The topological polar surface area (TPSA) is 109 Å². The van der Waals surface area contributed by atoms with E-state index in [0.717, 1.165) is 6.07 Å². The molecule has 0 aliphatic heterocycles. The molecule has 0 spiro atoms. The summed E-state index contributed by atoms with van der Waals surface area (Å²) in [5, 5.41) is 0. The van der Waals surface area contributed by atoms with E-state index in [1.54, 1.807) is 0 Å². The maximum Gasteiger partial charge on any atom is 0.294 e. The van der Waals surface area contributed by atoms with Gasteiger partial charge in [-0.1, -0.05) is 0 Å². The minimum Gasteiger partial charge on any atom is -0.282 e. The predicted molar refractivity (Wildman–Crippen MR) is 58.1 cm³/mol. The van der Waals surface area contributed by atoms with Crippen molar-refractivity contribution in [1.29, 1.82) is 0 Å². The van der Waals surface area contributed by atoms with Crippen LogP contribution in [-0.4, -0.2) is 25.9 Å². The van der Waals surface area contributed by atoms with Gasteiger partial charge in [-0.25, -0.2) is 0 Å². The molecule has 0 fully saturated rings. The molecule has 0 unspecified atom stereocenters. The summed E-state index contributed by atoms with van der Waals surface area (Å²) < 4.78 is 62.2. The van der Waals surface area contributed by atoms with Gasteiger partial charge >= 0.3 is 0 Å². The van der Waals surface area contributed by atoms with Crippen molar-refractivity contribution in [3.8, 4) is 0 Å². The van der Waals surface area contributed by atoms with Gasteiger partial charge < -0.3 is 0 Å². The van der Waals surface area contributed by atoms with E-state index in [2.05, 4.69) is 0 Å². The van der Waals surface area contributed by atoms with Crippen LogP contribution in [0.15, 0.2) is 21.9 Å². The zero-order valence-electron chi connectivity index (χ0n) is 8.62. The SMILES string of the molecule is O=S(=O)(O)c1cc2c(c(S(=O)(=O)O)c1)CCC2. The first-order chi connectivity index (χ1) is 7.69. The molecule has 94 valence electrons. The van der Waals surface area contributed by atoms with E-state index in [0.29, 0.717) is 30.4 Å². The van der Waals surface area contributed by atoms with Gasteiger partial charge in [-0.2, -0.15) is 16.8 Å². The minimum atomic E-state index is -4.49. The van der Waals surface area contributed by atoms with Crippen LogP contribution in [0.4, 0.5) is 0 Å². The number of hydrogen-bond donors (Lipinski definition) is 2. The highest BCUT2D eigenvalue weighted by molar-refractivity contribution is 7.86. The van der Waals surface area contributed by atoms with E-state index < -0.39 is 30.0 Å². The molecule has 6 nitrogen and oxygen atoms in total. The lowest BCUT2D eigenvalue weighted by molar-refractivity contribution is 0.480. The van der Waals surface area contributed by atoms with Gasteiger partial charge in [-0.3, -0.25) is 9.11 Å². The van der Waals surface area contributed by atoms with E-state index in [-0.39, 0.29) is 0 Å². The summed E-state index contributed by atoms with van der Waals surface area (Å²) in [5.41, 5.74) is 0.965. The molecule has 0 heterocycles. The van der Waals surface area contributed by atoms with E-state index in [9.17, 15) is 16.8 Å². The Balaban J connectivity index is 2.80. The third-order valence-electron chi connectivity index (χ3n) is 2.72. The molecule has 17 heavy (non-hydrogen) atoms. The molecule has 1 aromatic rings. The summed E-state index contributed by atoms with van der Waals surface area (Å²) in [7, 11) is -8.97. The van der Waals surface area contributed by atoms with Crippen LogP contribution in [0.5, 0.6) is 0 Å². The van der Waals surface area contributed by atoms with Crippen LogP contribution in [0.25, 0.3) is 0 Å². The Morgan fingerprint density at radius 1 is 0.941 bits per heavy atom. The third-order valence-corrected chi connectivity index (χ3v) is 4.48. The molecule has 1 aliphatic carbocycles. The fourth-order valence-electron chi connectivity index (χ4n) is 2.02. The average molecular weight is 278 g/mol. The van der Waals surface area contributed by atoms with Crippen LogP contribution in [0.1, 0.15) is 17.5 Å². The van der Waals surface area contributed by atoms with Crippen molar-refractivity contribution >= 4 is 20.2 Å². The molecule has 0 atom stereocenters. The Morgan fingerprint density at radius 2 is 1.59 bits per heavy atom. The number of aryl methyl sites for hydroxylation is 1. The van der Waals surface area contributed by atoms with Crippen molar-refractivity contribution < 1.29 is 25.9 Å². The molecule has 0 saturated carbocycles. The van der Waals surface area contributed by atoms with E-state index in [4.69, 9.17) is 9.11 Å². The van der Waals surface area contributed by atoms with Crippen LogP contribution in [-0.2, 0) is 33.1 Å². The van der Waals surface area contributed by atoms with Crippen LogP contribution in [0, 0.1) is 0 Å². The second-order valence-electron chi connectivity index (χ2n) is 3.86. The van der Waals surface area contributed by atoms with E-state index in [1.165, 1.54) is 6.07 Å². The number of rotatable bonds is 2. The zero-order valence-corrected chi connectivity index (χ0v) is 10.3. The Hall–Kier alpha value is -0.960. The standard InChI is InChI=1S/C9H10O6S2/c10-16(11,12)7-4-6-2-1-3-8(6)9(5-7)17(13,14)15/h4-5H,1-3H2,(H,10,11,12)(H,13,14,15). The van der Waals surface area contributed by atoms with E-state index in [1.807, 2.05) is 0 Å². The Morgan fingerprint density at radius 3 is 2.12 bits per heavy atom. The Kier molecular flexibility index (Phi) is 2.77. The molecular formula is C9H10O6S2. The van der Waals surface area contributed by atoms with Crippen molar-refractivity contribution in [3.05, 3.63) is 23.3 Å². The molecule has 2 N–H and O–H groups in total. The number of hydrogen-bond acceptors (Lipinski definition) is 4. The Bertz CT molecular complexity index is 672. The van der Waals surface area contributed by atoms with Crippen molar-refractivity contribution in [2.45, 2.75) is 29.1 Å². The van der Waals surface area contributed by atoms with Gasteiger partial charge in [0.25, 0.3) is 20.2 Å². The third kappa shape index (κ3) is 2.34. The second kappa shape index (κ2) is 3.77. The molecular weight excluding hydrogens is 268 g/mol. The van der Waals surface area contributed by atoms with Crippen molar-refractivity contribution in [3.63, 3.8) is 0 Å². The molecule has 2 rings (SSSR count). The van der Waals surface area contributed by atoms with Crippen molar-refractivity contribution in [1.82, 2.24) is 0 Å². The van der Waals surface area contributed by atoms with Crippen LogP contribution in [0.2, 0.25) is 0 Å². The predicted octanol–water partition coefficient (Wildman–Crippen LogP) is 0.669. The summed E-state index contributed by atoms with van der Waals surface area (Å²) >= 11 is 0. The lowest BCUT2D eigenvalue weighted by Gasteiger charge is -2.07. The van der Waals surface area contributed by atoms with Gasteiger partial charge in [0.2, 0.25) is 0 Å². The van der Waals surface area contributed by atoms with Gasteiger partial charge in [0.1, 0.15) is 0 Å². The van der Waals surface area contributed by atoms with Crippen LogP contribution >= 0.6 is 0 Å². The second-order valence-corrected chi connectivity index (χ2v) is 6.67. The van der Waals surface area contributed by atoms with Gasteiger partial charge in [0, 0.05) is 0 Å². The highest BCUT2D eigenvalue weighted by Crippen LogP contribution is 2.31. The quantitative estimate of drug-likeness (QED) is 0.769. The van der Waals surface area contributed by atoms with Gasteiger partial charge in [0.05, 0.1) is 9.79 Å². The van der Waals surface area contributed by atoms with Crippen LogP contribution < -0.4 is 0 Å². The Labute approximate surface area is 98.8 Å². The molecule has 0 bridgehead atoms. The highest BCUT2D eigenvalue weighted by Gasteiger charge is 2.25. The first-order valence-electron chi connectivity index (χ1n) is 4.80. The molecule has 8 heteroatoms. The number of benzene rings is 1. The minimum absolute atomic E-state index is 0.430. The summed E-state index contributed by atoms with van der Waals surface area (Å²) in [6.07, 6.45) is 1.68. The first-order valence-corrected chi connectivity index (χ1v) is 7.68. The lowest BCUT2D eigenvalue weighted by atomic mass is 10.1.